The van der Waals surface area contributed by atoms with E-state index in [9.17, 15) is 0 Å². The average Bonchev–Trinajstić information content (AvgIpc) is 2.98. The molecule has 0 bridgehead atoms. The summed E-state index contributed by atoms with van der Waals surface area (Å²) in [6, 6.07) is 17.0. The SMILES string of the molecule is CN(C/C=C/c1ccc(C(C)(C)C)cc1)Cc1coc2ccccc12. The highest BCUT2D eigenvalue weighted by Crippen LogP contribution is 2.23. The second-order valence-electron chi connectivity index (χ2n) is 7.73. The number of fused-ring (bicyclic) bond motifs is 1. The molecular formula is C23H27NO. The van der Waals surface area contributed by atoms with E-state index in [0.29, 0.717) is 0 Å². The van der Waals surface area contributed by atoms with E-state index in [1.54, 1.807) is 0 Å². The molecule has 2 nitrogen and oxygen atoms in total. The van der Waals surface area contributed by atoms with Gasteiger partial charge in [-0.15, -0.1) is 0 Å². The van der Waals surface area contributed by atoms with Crippen LogP contribution in [0.4, 0.5) is 0 Å². The molecule has 0 unspecified atom stereocenters. The van der Waals surface area contributed by atoms with Crippen molar-refractivity contribution < 1.29 is 4.42 Å². The zero-order valence-electron chi connectivity index (χ0n) is 15.6. The number of furan rings is 1. The Morgan fingerprint density at radius 1 is 1.00 bits per heavy atom. The molecule has 130 valence electrons. The summed E-state index contributed by atoms with van der Waals surface area (Å²) in [7, 11) is 2.13. The number of hydrogen-bond donors (Lipinski definition) is 0. The highest BCUT2D eigenvalue weighted by molar-refractivity contribution is 5.80. The lowest BCUT2D eigenvalue weighted by Crippen LogP contribution is -2.17. The lowest BCUT2D eigenvalue weighted by molar-refractivity contribution is 0.363. The van der Waals surface area contributed by atoms with Gasteiger partial charge in [0.2, 0.25) is 0 Å². The van der Waals surface area contributed by atoms with Crippen molar-refractivity contribution in [3.05, 3.63) is 77.6 Å². The predicted molar refractivity (Wildman–Crippen MR) is 107 cm³/mol. The van der Waals surface area contributed by atoms with Gasteiger partial charge < -0.3 is 4.42 Å². The van der Waals surface area contributed by atoms with E-state index in [0.717, 1.165) is 18.7 Å². The summed E-state index contributed by atoms with van der Waals surface area (Å²) in [6.07, 6.45) is 6.28. The Bertz CT molecular complexity index is 850. The molecule has 3 rings (SSSR count). The Hall–Kier alpha value is -2.32. The van der Waals surface area contributed by atoms with Crippen molar-refractivity contribution >= 4 is 17.0 Å². The first kappa shape index (κ1) is 17.5. The van der Waals surface area contributed by atoms with Crippen molar-refractivity contribution in [3.8, 4) is 0 Å². The van der Waals surface area contributed by atoms with Crippen molar-refractivity contribution in [1.29, 1.82) is 0 Å². The van der Waals surface area contributed by atoms with Gasteiger partial charge in [0.1, 0.15) is 5.58 Å². The first-order valence-corrected chi connectivity index (χ1v) is 8.84. The van der Waals surface area contributed by atoms with Crippen LogP contribution < -0.4 is 0 Å². The Balaban J connectivity index is 1.58. The summed E-state index contributed by atoms with van der Waals surface area (Å²) >= 11 is 0. The number of hydrogen-bond acceptors (Lipinski definition) is 2. The first-order chi connectivity index (χ1) is 11.9. The summed E-state index contributed by atoms with van der Waals surface area (Å²) < 4.78 is 5.62. The third-order valence-corrected chi connectivity index (χ3v) is 4.51. The molecule has 0 saturated carbocycles. The molecule has 0 amide bonds. The van der Waals surface area contributed by atoms with Crippen LogP contribution in [0.2, 0.25) is 0 Å². The van der Waals surface area contributed by atoms with Crippen LogP contribution in [-0.4, -0.2) is 18.5 Å². The standard InChI is InChI=1S/C23H27NO/c1-23(2,3)20-13-11-18(12-14-20)8-7-15-24(4)16-19-17-25-22-10-6-5-9-21(19)22/h5-14,17H,15-16H2,1-4H3/b8-7+. The van der Waals surface area contributed by atoms with E-state index in [4.69, 9.17) is 4.42 Å². The summed E-state index contributed by atoms with van der Waals surface area (Å²) in [4.78, 5) is 2.29. The quantitative estimate of drug-likeness (QED) is 0.580. The van der Waals surface area contributed by atoms with Gasteiger partial charge in [0, 0.05) is 24.0 Å². The third kappa shape index (κ3) is 4.40. The predicted octanol–water partition coefficient (Wildman–Crippen LogP) is 5.88. The van der Waals surface area contributed by atoms with E-state index >= 15 is 0 Å². The second-order valence-corrected chi connectivity index (χ2v) is 7.73. The molecule has 0 fully saturated rings. The molecule has 0 spiro atoms. The summed E-state index contributed by atoms with van der Waals surface area (Å²) in [5.74, 6) is 0. The summed E-state index contributed by atoms with van der Waals surface area (Å²) in [6.45, 7) is 8.51. The Morgan fingerprint density at radius 3 is 2.44 bits per heavy atom. The van der Waals surface area contributed by atoms with Crippen molar-refractivity contribution in [2.75, 3.05) is 13.6 Å². The molecule has 3 aromatic rings. The van der Waals surface area contributed by atoms with Crippen LogP contribution in [0.3, 0.4) is 0 Å². The van der Waals surface area contributed by atoms with E-state index in [1.807, 2.05) is 18.4 Å². The van der Waals surface area contributed by atoms with Crippen molar-refractivity contribution in [3.63, 3.8) is 0 Å². The van der Waals surface area contributed by atoms with Gasteiger partial charge in [-0.2, -0.15) is 0 Å². The van der Waals surface area contributed by atoms with Crippen molar-refractivity contribution in [1.82, 2.24) is 4.90 Å². The molecule has 2 aromatic carbocycles. The molecule has 1 aromatic heterocycles. The van der Waals surface area contributed by atoms with Gasteiger partial charge in [0.15, 0.2) is 0 Å². The van der Waals surface area contributed by atoms with E-state index in [2.05, 4.69) is 81.3 Å². The first-order valence-electron chi connectivity index (χ1n) is 8.84. The Kier molecular flexibility index (Phi) is 5.10. The zero-order valence-corrected chi connectivity index (χ0v) is 15.6. The van der Waals surface area contributed by atoms with Crippen LogP contribution in [0.5, 0.6) is 0 Å². The number of benzene rings is 2. The minimum absolute atomic E-state index is 0.204. The van der Waals surface area contributed by atoms with Crippen LogP contribution in [0.25, 0.3) is 17.0 Å². The molecule has 0 saturated heterocycles. The summed E-state index contributed by atoms with van der Waals surface area (Å²) in [5, 5.41) is 1.20. The second kappa shape index (κ2) is 7.28. The van der Waals surface area contributed by atoms with Gasteiger partial charge in [0.25, 0.3) is 0 Å². The fourth-order valence-electron chi connectivity index (χ4n) is 2.97. The third-order valence-electron chi connectivity index (χ3n) is 4.51. The molecule has 25 heavy (non-hydrogen) atoms. The maximum atomic E-state index is 5.62. The fourth-order valence-corrected chi connectivity index (χ4v) is 2.97. The van der Waals surface area contributed by atoms with Crippen molar-refractivity contribution in [2.45, 2.75) is 32.7 Å². The van der Waals surface area contributed by atoms with Gasteiger partial charge in [-0.1, -0.05) is 75.4 Å². The maximum Gasteiger partial charge on any atom is 0.134 e. The molecule has 0 radical (unpaired) electrons. The smallest absolute Gasteiger partial charge is 0.134 e. The van der Waals surface area contributed by atoms with Crippen LogP contribution in [0, 0.1) is 0 Å². The lowest BCUT2D eigenvalue weighted by Gasteiger charge is -2.18. The van der Waals surface area contributed by atoms with Crippen LogP contribution in [-0.2, 0) is 12.0 Å². The molecule has 0 N–H and O–H groups in total. The van der Waals surface area contributed by atoms with Gasteiger partial charge in [-0.25, -0.2) is 0 Å². The number of likely N-dealkylation sites (N-methyl/N-ethyl adjacent to an activating group) is 1. The zero-order chi connectivity index (χ0) is 17.9. The van der Waals surface area contributed by atoms with Gasteiger partial charge in [-0.05, 0) is 29.7 Å². The van der Waals surface area contributed by atoms with Gasteiger partial charge in [0.05, 0.1) is 6.26 Å². The Labute approximate surface area is 150 Å². The molecule has 0 atom stereocenters. The summed E-state index contributed by atoms with van der Waals surface area (Å²) in [5.41, 5.74) is 5.01. The number of nitrogens with zero attached hydrogens (tertiary/aromatic N) is 1. The highest BCUT2D eigenvalue weighted by Gasteiger charge is 2.12. The average molecular weight is 333 g/mol. The van der Waals surface area contributed by atoms with Gasteiger partial charge in [-0.3, -0.25) is 4.90 Å². The minimum atomic E-state index is 0.204. The fraction of sp³-hybridized carbons (Fsp3) is 0.304. The van der Waals surface area contributed by atoms with Gasteiger partial charge >= 0.3 is 0 Å². The van der Waals surface area contributed by atoms with Crippen LogP contribution in [0.15, 0.2) is 65.3 Å². The molecule has 0 aliphatic heterocycles. The molecule has 0 aliphatic carbocycles. The lowest BCUT2D eigenvalue weighted by atomic mass is 9.87. The Morgan fingerprint density at radius 2 is 1.72 bits per heavy atom. The number of para-hydroxylation sites is 1. The van der Waals surface area contributed by atoms with E-state index in [1.165, 1.54) is 22.1 Å². The van der Waals surface area contributed by atoms with Crippen LogP contribution >= 0.6 is 0 Å². The van der Waals surface area contributed by atoms with E-state index in [-0.39, 0.29) is 5.41 Å². The largest absolute Gasteiger partial charge is 0.464 e. The molecular weight excluding hydrogens is 306 g/mol. The normalized spacial score (nSPS) is 12.5. The topological polar surface area (TPSA) is 16.4 Å². The number of rotatable bonds is 5. The molecule has 0 aliphatic rings. The monoisotopic (exact) mass is 333 g/mol. The maximum absolute atomic E-state index is 5.62. The molecule has 2 heteroatoms. The molecule has 1 heterocycles. The highest BCUT2D eigenvalue weighted by atomic mass is 16.3. The van der Waals surface area contributed by atoms with E-state index < -0.39 is 0 Å². The van der Waals surface area contributed by atoms with Crippen molar-refractivity contribution in [2.24, 2.45) is 0 Å². The minimum Gasteiger partial charge on any atom is -0.464 e. The van der Waals surface area contributed by atoms with Crippen LogP contribution in [0.1, 0.15) is 37.5 Å².